The predicted octanol–water partition coefficient (Wildman–Crippen LogP) is 2.95. The minimum Gasteiger partial charge on any atom is -0.478 e. The molecule has 0 aliphatic heterocycles. The summed E-state index contributed by atoms with van der Waals surface area (Å²) in [6.45, 7) is 1.88. The number of nitrogens with zero attached hydrogens (tertiary/aromatic N) is 3. The molecule has 0 aliphatic carbocycles. The zero-order valence-corrected chi connectivity index (χ0v) is 11.4. The van der Waals surface area contributed by atoms with Crippen LogP contribution in [-0.2, 0) is 6.42 Å². The van der Waals surface area contributed by atoms with Gasteiger partial charge in [0, 0.05) is 23.3 Å². The van der Waals surface area contributed by atoms with Crippen LogP contribution in [0.15, 0.2) is 42.7 Å². The summed E-state index contributed by atoms with van der Waals surface area (Å²) in [5, 5.41) is 10.1. The Kier molecular flexibility index (Phi) is 3.31. The lowest BCUT2D eigenvalue weighted by molar-refractivity contribution is 0.0694. The van der Waals surface area contributed by atoms with Crippen molar-refractivity contribution in [2.75, 3.05) is 0 Å². The molecular formula is C16H13N3O2. The lowest BCUT2D eigenvalue weighted by Crippen LogP contribution is -2.06. The maximum Gasteiger partial charge on any atom is 0.339 e. The maximum atomic E-state index is 11.1. The minimum absolute atomic E-state index is 0.156. The summed E-state index contributed by atoms with van der Waals surface area (Å²) in [4.78, 5) is 23.9. The molecule has 0 radical (unpaired) electrons. The number of carbonyl (C=O) groups is 1. The molecule has 21 heavy (non-hydrogen) atoms. The van der Waals surface area contributed by atoms with Crippen LogP contribution in [-0.4, -0.2) is 26.0 Å². The average Bonchev–Trinajstić information content (AvgIpc) is 2.53. The fourth-order valence-electron chi connectivity index (χ4n) is 2.22. The summed E-state index contributed by atoms with van der Waals surface area (Å²) in [6, 6.07) is 9.60. The molecule has 3 aromatic rings. The molecule has 0 spiro atoms. The van der Waals surface area contributed by atoms with Gasteiger partial charge in [0.05, 0.1) is 16.8 Å². The Morgan fingerprint density at radius 2 is 2.10 bits per heavy atom. The molecule has 2 heterocycles. The number of pyridine rings is 1. The molecule has 1 aromatic carbocycles. The molecule has 0 fully saturated rings. The zero-order chi connectivity index (χ0) is 14.8. The van der Waals surface area contributed by atoms with Gasteiger partial charge in [0.25, 0.3) is 0 Å². The van der Waals surface area contributed by atoms with E-state index in [0.717, 1.165) is 16.5 Å². The largest absolute Gasteiger partial charge is 0.478 e. The SMILES string of the molecule is CCc1nc(-c2ccc3ncccc3c2)ncc1C(=O)O. The fraction of sp³-hybridized carbons (Fsp3) is 0.125. The van der Waals surface area contributed by atoms with E-state index in [0.29, 0.717) is 17.9 Å². The molecule has 0 unspecified atom stereocenters. The van der Waals surface area contributed by atoms with E-state index in [2.05, 4.69) is 15.0 Å². The molecule has 2 aromatic heterocycles. The van der Waals surface area contributed by atoms with E-state index in [9.17, 15) is 4.79 Å². The van der Waals surface area contributed by atoms with Crippen molar-refractivity contribution in [2.45, 2.75) is 13.3 Å². The predicted molar refractivity (Wildman–Crippen MR) is 79.1 cm³/mol. The molecule has 0 aliphatic rings. The minimum atomic E-state index is -0.999. The molecule has 1 N–H and O–H groups in total. The monoisotopic (exact) mass is 279 g/mol. The Hall–Kier alpha value is -2.82. The summed E-state index contributed by atoms with van der Waals surface area (Å²) in [5.74, 6) is -0.469. The van der Waals surface area contributed by atoms with Crippen LogP contribution >= 0.6 is 0 Å². The van der Waals surface area contributed by atoms with E-state index in [1.807, 2.05) is 37.3 Å². The van der Waals surface area contributed by atoms with Crippen molar-refractivity contribution in [3.63, 3.8) is 0 Å². The summed E-state index contributed by atoms with van der Waals surface area (Å²) < 4.78 is 0. The number of rotatable bonds is 3. The van der Waals surface area contributed by atoms with E-state index in [4.69, 9.17) is 5.11 Å². The van der Waals surface area contributed by atoms with Crippen molar-refractivity contribution in [3.8, 4) is 11.4 Å². The van der Waals surface area contributed by atoms with E-state index in [1.54, 1.807) is 6.20 Å². The molecule has 0 saturated carbocycles. The van der Waals surface area contributed by atoms with Gasteiger partial charge < -0.3 is 5.11 Å². The van der Waals surface area contributed by atoms with Crippen LogP contribution < -0.4 is 0 Å². The highest BCUT2D eigenvalue weighted by Crippen LogP contribution is 2.21. The topological polar surface area (TPSA) is 76.0 Å². The van der Waals surface area contributed by atoms with Crippen LogP contribution in [0, 0.1) is 0 Å². The second-order valence-corrected chi connectivity index (χ2v) is 4.62. The van der Waals surface area contributed by atoms with Gasteiger partial charge in [-0.2, -0.15) is 0 Å². The highest BCUT2D eigenvalue weighted by molar-refractivity contribution is 5.89. The van der Waals surface area contributed by atoms with Gasteiger partial charge in [0.15, 0.2) is 5.82 Å². The Labute approximate surface area is 121 Å². The van der Waals surface area contributed by atoms with Gasteiger partial charge in [0.2, 0.25) is 0 Å². The molecule has 0 atom stereocenters. The van der Waals surface area contributed by atoms with Crippen LogP contribution in [0.2, 0.25) is 0 Å². The first-order valence-corrected chi connectivity index (χ1v) is 6.63. The Balaban J connectivity index is 2.11. The first kappa shape index (κ1) is 13.2. The molecule has 0 amide bonds. The van der Waals surface area contributed by atoms with Gasteiger partial charge in [-0.15, -0.1) is 0 Å². The van der Waals surface area contributed by atoms with Crippen LogP contribution in [0.5, 0.6) is 0 Å². The Morgan fingerprint density at radius 3 is 2.86 bits per heavy atom. The van der Waals surface area contributed by atoms with Crippen LogP contribution in [0.1, 0.15) is 23.0 Å². The highest BCUT2D eigenvalue weighted by Gasteiger charge is 2.13. The molecule has 3 rings (SSSR count). The number of fused-ring (bicyclic) bond motifs is 1. The number of benzene rings is 1. The number of hydrogen-bond donors (Lipinski definition) is 1. The number of carboxylic acid groups (broad SMARTS) is 1. The smallest absolute Gasteiger partial charge is 0.339 e. The number of carboxylic acids is 1. The lowest BCUT2D eigenvalue weighted by Gasteiger charge is -2.06. The summed E-state index contributed by atoms with van der Waals surface area (Å²) in [7, 11) is 0. The number of aryl methyl sites for hydroxylation is 1. The molecule has 0 saturated heterocycles. The summed E-state index contributed by atoms with van der Waals surface area (Å²) in [6.07, 6.45) is 3.67. The summed E-state index contributed by atoms with van der Waals surface area (Å²) >= 11 is 0. The normalized spacial score (nSPS) is 10.7. The van der Waals surface area contributed by atoms with Crippen molar-refractivity contribution in [1.29, 1.82) is 0 Å². The van der Waals surface area contributed by atoms with Gasteiger partial charge in [-0.25, -0.2) is 14.8 Å². The Morgan fingerprint density at radius 1 is 1.24 bits per heavy atom. The summed E-state index contributed by atoms with van der Waals surface area (Å²) in [5.41, 5.74) is 2.45. The van der Waals surface area contributed by atoms with Gasteiger partial charge in [-0.3, -0.25) is 4.98 Å². The van der Waals surface area contributed by atoms with E-state index < -0.39 is 5.97 Å². The molecule has 5 nitrogen and oxygen atoms in total. The third-order valence-electron chi connectivity index (χ3n) is 3.29. The Bertz CT molecular complexity index is 831. The van der Waals surface area contributed by atoms with Gasteiger partial charge in [-0.05, 0) is 30.7 Å². The molecule has 104 valence electrons. The van der Waals surface area contributed by atoms with E-state index in [-0.39, 0.29) is 5.56 Å². The van der Waals surface area contributed by atoms with Crippen molar-refractivity contribution < 1.29 is 9.90 Å². The van der Waals surface area contributed by atoms with Crippen LogP contribution in [0.4, 0.5) is 0 Å². The quantitative estimate of drug-likeness (QED) is 0.797. The molecule has 0 bridgehead atoms. The van der Waals surface area contributed by atoms with Crippen molar-refractivity contribution in [2.24, 2.45) is 0 Å². The van der Waals surface area contributed by atoms with Crippen LogP contribution in [0.25, 0.3) is 22.3 Å². The number of hydrogen-bond acceptors (Lipinski definition) is 4. The van der Waals surface area contributed by atoms with Gasteiger partial charge in [-0.1, -0.05) is 13.0 Å². The third kappa shape index (κ3) is 2.45. The van der Waals surface area contributed by atoms with Crippen molar-refractivity contribution >= 4 is 16.9 Å². The van der Waals surface area contributed by atoms with Crippen LogP contribution in [0.3, 0.4) is 0 Å². The molecular weight excluding hydrogens is 266 g/mol. The first-order chi connectivity index (χ1) is 10.2. The number of aromatic nitrogens is 3. The number of aromatic carboxylic acids is 1. The zero-order valence-electron chi connectivity index (χ0n) is 11.4. The van der Waals surface area contributed by atoms with E-state index in [1.165, 1.54) is 6.20 Å². The lowest BCUT2D eigenvalue weighted by atomic mass is 10.1. The highest BCUT2D eigenvalue weighted by atomic mass is 16.4. The fourth-order valence-corrected chi connectivity index (χ4v) is 2.22. The van der Waals surface area contributed by atoms with Gasteiger partial charge in [0.1, 0.15) is 0 Å². The standard InChI is InChI=1S/C16H13N3O2/c1-2-13-12(16(20)21)9-18-15(19-13)11-5-6-14-10(8-11)4-3-7-17-14/h3-9H,2H2,1H3,(H,20,21). The van der Waals surface area contributed by atoms with Crippen molar-refractivity contribution in [3.05, 3.63) is 54.0 Å². The second kappa shape index (κ2) is 5.28. The third-order valence-corrected chi connectivity index (χ3v) is 3.29. The average molecular weight is 279 g/mol. The maximum absolute atomic E-state index is 11.1. The van der Waals surface area contributed by atoms with Gasteiger partial charge >= 0.3 is 5.97 Å². The van der Waals surface area contributed by atoms with E-state index >= 15 is 0 Å². The first-order valence-electron chi connectivity index (χ1n) is 6.63. The molecule has 5 heteroatoms. The van der Waals surface area contributed by atoms with Crippen molar-refractivity contribution in [1.82, 2.24) is 15.0 Å². The second-order valence-electron chi connectivity index (χ2n) is 4.62.